The SMILES string of the molecule is Cc1ccc(C)c(N2C(=O)C3C(C2=O)[C@H]2C=C[C@@H]3CC2)c1. The van der Waals surface area contributed by atoms with E-state index in [1.54, 1.807) is 0 Å². The number of nitrogens with zero attached hydrogens (tertiary/aromatic N) is 1. The number of rotatable bonds is 1. The second kappa shape index (κ2) is 4.30. The van der Waals surface area contributed by atoms with Crippen LogP contribution in [0.25, 0.3) is 0 Å². The minimum Gasteiger partial charge on any atom is -0.274 e. The van der Waals surface area contributed by atoms with Crippen molar-refractivity contribution in [1.82, 2.24) is 0 Å². The van der Waals surface area contributed by atoms with Gasteiger partial charge in [-0.05, 0) is 55.7 Å². The first kappa shape index (κ1) is 12.8. The number of hydrogen-bond donors (Lipinski definition) is 0. The molecule has 1 aliphatic heterocycles. The molecule has 0 N–H and O–H groups in total. The average molecular weight is 281 g/mol. The number of hydrogen-bond acceptors (Lipinski definition) is 2. The summed E-state index contributed by atoms with van der Waals surface area (Å²) in [5.41, 5.74) is 2.84. The molecule has 4 atom stereocenters. The predicted octanol–water partition coefficient (Wildman–Crippen LogP) is 3.01. The highest BCUT2D eigenvalue weighted by molar-refractivity contribution is 6.22. The van der Waals surface area contributed by atoms with Crippen LogP contribution in [0, 0.1) is 37.5 Å². The molecule has 0 radical (unpaired) electrons. The van der Waals surface area contributed by atoms with Crippen molar-refractivity contribution < 1.29 is 9.59 Å². The van der Waals surface area contributed by atoms with E-state index in [0.29, 0.717) is 0 Å². The minimum atomic E-state index is -0.124. The lowest BCUT2D eigenvalue weighted by Gasteiger charge is -2.38. The molecule has 21 heavy (non-hydrogen) atoms. The maximum absolute atomic E-state index is 12.9. The van der Waals surface area contributed by atoms with Gasteiger partial charge >= 0.3 is 0 Å². The van der Waals surface area contributed by atoms with Crippen LogP contribution < -0.4 is 4.90 Å². The van der Waals surface area contributed by atoms with Crippen molar-refractivity contribution in [3.05, 3.63) is 41.5 Å². The van der Waals surface area contributed by atoms with E-state index in [9.17, 15) is 9.59 Å². The van der Waals surface area contributed by atoms with Crippen LogP contribution in [-0.4, -0.2) is 11.8 Å². The number of imide groups is 1. The number of benzene rings is 1. The first-order chi connectivity index (χ1) is 10.1. The van der Waals surface area contributed by atoms with Crippen LogP contribution in [0.3, 0.4) is 0 Å². The summed E-state index contributed by atoms with van der Waals surface area (Å²) in [5, 5.41) is 0. The first-order valence-electron chi connectivity index (χ1n) is 7.71. The summed E-state index contributed by atoms with van der Waals surface area (Å²) in [7, 11) is 0. The molecule has 1 saturated heterocycles. The number of carbonyl (C=O) groups is 2. The summed E-state index contributed by atoms with van der Waals surface area (Å²) in [6.45, 7) is 3.95. The van der Waals surface area contributed by atoms with Crippen LogP contribution in [0.1, 0.15) is 24.0 Å². The topological polar surface area (TPSA) is 37.4 Å². The van der Waals surface area contributed by atoms with E-state index in [1.807, 2.05) is 32.0 Å². The molecule has 3 nitrogen and oxygen atoms in total. The van der Waals surface area contributed by atoms with Gasteiger partial charge in [0.2, 0.25) is 11.8 Å². The zero-order valence-electron chi connectivity index (χ0n) is 12.4. The summed E-state index contributed by atoms with van der Waals surface area (Å²) >= 11 is 0. The van der Waals surface area contributed by atoms with E-state index in [-0.39, 0.29) is 35.5 Å². The van der Waals surface area contributed by atoms with Gasteiger partial charge in [-0.15, -0.1) is 0 Å². The van der Waals surface area contributed by atoms with E-state index >= 15 is 0 Å². The monoisotopic (exact) mass is 281 g/mol. The molecular weight excluding hydrogens is 262 g/mol. The summed E-state index contributed by atoms with van der Waals surface area (Å²) in [4.78, 5) is 27.2. The number of fused-ring (bicyclic) bond motifs is 1. The molecule has 3 heteroatoms. The molecule has 5 rings (SSSR count). The minimum absolute atomic E-state index is 0.0118. The normalized spacial score (nSPS) is 33.7. The van der Waals surface area contributed by atoms with Gasteiger partial charge in [-0.2, -0.15) is 0 Å². The lowest BCUT2D eigenvalue weighted by Crippen LogP contribution is -2.38. The molecule has 2 unspecified atom stereocenters. The Morgan fingerprint density at radius 1 is 0.952 bits per heavy atom. The second-order valence-electron chi connectivity index (χ2n) is 6.64. The molecule has 1 heterocycles. The van der Waals surface area contributed by atoms with Gasteiger partial charge in [-0.1, -0.05) is 24.3 Å². The van der Waals surface area contributed by atoms with Crippen LogP contribution in [0.4, 0.5) is 5.69 Å². The lowest BCUT2D eigenvalue weighted by atomic mass is 9.63. The number of anilines is 1. The largest absolute Gasteiger partial charge is 0.274 e. The Morgan fingerprint density at radius 3 is 2.05 bits per heavy atom. The molecule has 3 aliphatic carbocycles. The average Bonchev–Trinajstić information content (AvgIpc) is 2.77. The van der Waals surface area contributed by atoms with E-state index in [2.05, 4.69) is 12.2 Å². The van der Waals surface area contributed by atoms with Crippen LogP contribution in [0.5, 0.6) is 0 Å². The zero-order valence-corrected chi connectivity index (χ0v) is 12.4. The molecule has 0 spiro atoms. The molecule has 1 aromatic rings. The van der Waals surface area contributed by atoms with Gasteiger partial charge in [0.05, 0.1) is 17.5 Å². The Balaban J connectivity index is 1.80. The van der Waals surface area contributed by atoms with E-state index in [1.165, 1.54) is 4.90 Å². The fraction of sp³-hybridized carbons (Fsp3) is 0.444. The molecular formula is C18H19NO2. The molecule has 2 amide bonds. The predicted molar refractivity (Wildman–Crippen MR) is 80.7 cm³/mol. The first-order valence-corrected chi connectivity index (χ1v) is 7.71. The number of aryl methyl sites for hydroxylation is 2. The highest BCUT2D eigenvalue weighted by atomic mass is 16.2. The third-order valence-corrected chi connectivity index (χ3v) is 5.36. The van der Waals surface area contributed by atoms with Crippen molar-refractivity contribution >= 4 is 17.5 Å². The Morgan fingerprint density at radius 2 is 1.52 bits per heavy atom. The molecule has 1 aromatic carbocycles. The summed E-state index contributed by atoms with van der Waals surface area (Å²) in [6.07, 6.45) is 6.41. The third kappa shape index (κ3) is 1.66. The number of amides is 2. The maximum atomic E-state index is 12.9. The molecule has 2 fully saturated rings. The smallest absolute Gasteiger partial charge is 0.238 e. The van der Waals surface area contributed by atoms with Gasteiger partial charge in [-0.25, -0.2) is 4.90 Å². The van der Waals surface area contributed by atoms with Crippen LogP contribution in [0.2, 0.25) is 0 Å². The van der Waals surface area contributed by atoms with E-state index in [0.717, 1.165) is 29.7 Å². The molecule has 1 saturated carbocycles. The van der Waals surface area contributed by atoms with Crippen molar-refractivity contribution in [3.8, 4) is 0 Å². The van der Waals surface area contributed by atoms with Gasteiger partial charge in [0, 0.05) is 0 Å². The van der Waals surface area contributed by atoms with Gasteiger partial charge in [0.1, 0.15) is 0 Å². The van der Waals surface area contributed by atoms with Crippen molar-refractivity contribution in [2.24, 2.45) is 23.7 Å². The Labute approximate surface area is 124 Å². The maximum Gasteiger partial charge on any atom is 0.238 e. The van der Waals surface area contributed by atoms with Crippen molar-refractivity contribution in [2.75, 3.05) is 4.90 Å². The van der Waals surface area contributed by atoms with Gasteiger partial charge in [-0.3, -0.25) is 9.59 Å². The van der Waals surface area contributed by atoms with E-state index in [4.69, 9.17) is 0 Å². The van der Waals surface area contributed by atoms with Gasteiger partial charge in [0.25, 0.3) is 0 Å². The third-order valence-electron chi connectivity index (χ3n) is 5.36. The number of carbonyl (C=O) groups excluding carboxylic acids is 2. The fourth-order valence-corrected chi connectivity index (χ4v) is 4.27. The lowest BCUT2D eigenvalue weighted by molar-refractivity contribution is -0.124. The molecule has 2 bridgehead atoms. The van der Waals surface area contributed by atoms with Crippen LogP contribution in [-0.2, 0) is 9.59 Å². The van der Waals surface area contributed by atoms with Crippen LogP contribution >= 0.6 is 0 Å². The summed E-state index contributed by atoms with van der Waals surface area (Å²) < 4.78 is 0. The Bertz CT molecular complexity index is 644. The summed E-state index contributed by atoms with van der Waals surface area (Å²) in [6, 6.07) is 5.96. The van der Waals surface area contributed by atoms with Gasteiger partial charge < -0.3 is 0 Å². The Hall–Kier alpha value is -1.90. The van der Waals surface area contributed by atoms with E-state index < -0.39 is 0 Å². The number of allylic oxidation sites excluding steroid dienone is 2. The van der Waals surface area contributed by atoms with Crippen LogP contribution in [0.15, 0.2) is 30.4 Å². The highest BCUT2D eigenvalue weighted by Gasteiger charge is 2.57. The Kier molecular flexibility index (Phi) is 2.62. The second-order valence-corrected chi connectivity index (χ2v) is 6.64. The van der Waals surface area contributed by atoms with Crippen molar-refractivity contribution in [3.63, 3.8) is 0 Å². The van der Waals surface area contributed by atoms with Crippen molar-refractivity contribution in [2.45, 2.75) is 26.7 Å². The highest BCUT2D eigenvalue weighted by Crippen LogP contribution is 2.50. The summed E-state index contributed by atoms with van der Waals surface area (Å²) in [5.74, 6) is 0.288. The standard InChI is InChI=1S/C18H19NO2/c1-10-3-4-11(2)14(9-10)19-17(20)15-12-5-6-13(8-7-12)16(15)18(19)21/h3-6,9,12-13,15-16H,7-8H2,1-2H3/t12-,13+,15?,16?. The quantitative estimate of drug-likeness (QED) is 0.586. The zero-order chi connectivity index (χ0) is 14.7. The molecule has 0 aromatic heterocycles. The molecule has 108 valence electrons. The van der Waals surface area contributed by atoms with Crippen molar-refractivity contribution in [1.29, 1.82) is 0 Å². The fourth-order valence-electron chi connectivity index (χ4n) is 4.27. The molecule has 4 aliphatic rings. The van der Waals surface area contributed by atoms with Gasteiger partial charge in [0.15, 0.2) is 0 Å².